The molecule has 0 amide bonds. The standard InChI is InChI=1S/C7H9N3O2S2/c1-5(3-4-11)10-12-14-7-9-8-6(2)13-7/h4H,3H2,1-2H3/b10-5-. The summed E-state index contributed by atoms with van der Waals surface area (Å²) in [7, 11) is 0. The van der Waals surface area contributed by atoms with E-state index < -0.39 is 0 Å². The monoisotopic (exact) mass is 231 g/mol. The lowest BCUT2D eigenvalue weighted by Crippen LogP contribution is -1.91. The van der Waals surface area contributed by atoms with Gasteiger partial charge in [-0.2, -0.15) is 0 Å². The van der Waals surface area contributed by atoms with Crippen molar-refractivity contribution < 1.29 is 9.08 Å². The summed E-state index contributed by atoms with van der Waals surface area (Å²) >= 11 is 2.47. The van der Waals surface area contributed by atoms with E-state index in [4.69, 9.17) is 4.28 Å². The first-order valence-electron chi connectivity index (χ1n) is 3.83. The number of hydrogen-bond donors (Lipinski definition) is 0. The molecule has 0 aromatic carbocycles. The van der Waals surface area contributed by atoms with Crippen molar-refractivity contribution in [2.45, 2.75) is 24.6 Å². The number of hydrogen-bond acceptors (Lipinski definition) is 7. The molecule has 5 nitrogen and oxygen atoms in total. The molecule has 0 aliphatic heterocycles. The van der Waals surface area contributed by atoms with Gasteiger partial charge in [-0.05, 0) is 13.8 Å². The number of aryl methyl sites for hydroxylation is 1. The molecule has 0 radical (unpaired) electrons. The van der Waals surface area contributed by atoms with E-state index in [9.17, 15) is 4.79 Å². The van der Waals surface area contributed by atoms with Gasteiger partial charge in [-0.25, -0.2) is 0 Å². The Kier molecular flexibility index (Phi) is 4.54. The normalized spacial score (nSPS) is 11.4. The number of rotatable bonds is 5. The zero-order valence-electron chi connectivity index (χ0n) is 7.76. The third kappa shape index (κ3) is 3.84. The Morgan fingerprint density at radius 2 is 2.50 bits per heavy atom. The molecule has 1 rings (SSSR count). The molecule has 0 spiro atoms. The maximum atomic E-state index is 10.1. The maximum Gasteiger partial charge on any atom is 0.216 e. The quantitative estimate of drug-likeness (QED) is 0.335. The van der Waals surface area contributed by atoms with Crippen LogP contribution in [0, 0.1) is 6.92 Å². The van der Waals surface area contributed by atoms with Gasteiger partial charge in [0.15, 0.2) is 12.0 Å². The van der Waals surface area contributed by atoms with E-state index in [1.54, 1.807) is 6.92 Å². The molecule has 0 atom stereocenters. The van der Waals surface area contributed by atoms with E-state index in [1.165, 1.54) is 11.3 Å². The lowest BCUT2D eigenvalue weighted by molar-refractivity contribution is -0.106. The van der Waals surface area contributed by atoms with Crippen LogP contribution in [0.3, 0.4) is 0 Å². The zero-order valence-corrected chi connectivity index (χ0v) is 9.39. The molecule has 0 bridgehead atoms. The van der Waals surface area contributed by atoms with Crippen LogP contribution < -0.4 is 0 Å². The molecule has 14 heavy (non-hydrogen) atoms. The molecular formula is C7H9N3O2S2. The van der Waals surface area contributed by atoms with E-state index in [0.717, 1.165) is 23.3 Å². The van der Waals surface area contributed by atoms with Gasteiger partial charge < -0.3 is 9.08 Å². The lowest BCUT2D eigenvalue weighted by Gasteiger charge is -1.93. The topological polar surface area (TPSA) is 64.4 Å². The third-order valence-corrected chi connectivity index (χ3v) is 2.65. The van der Waals surface area contributed by atoms with Crippen molar-refractivity contribution in [1.82, 2.24) is 10.2 Å². The Morgan fingerprint density at radius 3 is 3.07 bits per heavy atom. The van der Waals surface area contributed by atoms with Gasteiger partial charge in [0, 0.05) is 6.42 Å². The van der Waals surface area contributed by atoms with E-state index >= 15 is 0 Å². The lowest BCUT2D eigenvalue weighted by atomic mass is 10.3. The fourth-order valence-corrected chi connectivity index (χ4v) is 1.89. The summed E-state index contributed by atoms with van der Waals surface area (Å²) in [6.45, 7) is 3.59. The molecule has 1 aromatic rings. The second-order valence-corrected chi connectivity index (χ2v) is 4.58. The summed E-state index contributed by atoms with van der Waals surface area (Å²) in [6.07, 6.45) is 1.07. The summed E-state index contributed by atoms with van der Waals surface area (Å²) in [5.74, 6) is 0. The number of nitrogens with zero attached hydrogens (tertiary/aromatic N) is 3. The largest absolute Gasteiger partial charge is 0.314 e. The molecule has 76 valence electrons. The smallest absolute Gasteiger partial charge is 0.216 e. The highest BCUT2D eigenvalue weighted by Crippen LogP contribution is 2.22. The number of oxime groups is 1. The predicted octanol–water partition coefficient (Wildman–Crippen LogP) is 1.84. The van der Waals surface area contributed by atoms with Crippen LogP contribution in [0.15, 0.2) is 9.50 Å². The minimum Gasteiger partial charge on any atom is -0.314 e. The zero-order chi connectivity index (χ0) is 10.4. The first kappa shape index (κ1) is 11.1. The number of carbonyl (C=O) groups excluding carboxylic acids is 1. The highest BCUT2D eigenvalue weighted by molar-refractivity contribution is 7.96. The molecule has 1 heterocycles. The second kappa shape index (κ2) is 5.71. The van der Waals surface area contributed by atoms with E-state index in [2.05, 4.69) is 15.4 Å². The van der Waals surface area contributed by atoms with E-state index in [-0.39, 0.29) is 6.42 Å². The van der Waals surface area contributed by atoms with Gasteiger partial charge in [0.05, 0.1) is 5.71 Å². The predicted molar refractivity (Wildman–Crippen MR) is 55.4 cm³/mol. The molecule has 0 saturated heterocycles. The van der Waals surface area contributed by atoms with Gasteiger partial charge in [0.25, 0.3) is 0 Å². The Labute approximate surface area is 89.8 Å². The average molecular weight is 231 g/mol. The first-order chi connectivity index (χ1) is 6.72. The molecule has 1 aromatic heterocycles. The van der Waals surface area contributed by atoms with Crippen LogP contribution in [-0.2, 0) is 9.08 Å². The molecule has 0 N–H and O–H groups in total. The molecule has 0 aliphatic rings. The van der Waals surface area contributed by atoms with E-state index in [1.807, 2.05) is 6.92 Å². The van der Waals surface area contributed by atoms with Gasteiger partial charge in [0.1, 0.15) is 11.3 Å². The molecular weight excluding hydrogens is 222 g/mol. The Balaban J connectivity index is 2.34. The SMILES string of the molecule is C/C(CC=O)=N/OSc1nnc(C)s1. The van der Waals surface area contributed by atoms with Crippen LogP contribution in [0.25, 0.3) is 0 Å². The maximum absolute atomic E-state index is 10.1. The van der Waals surface area contributed by atoms with Gasteiger partial charge in [-0.15, -0.1) is 10.2 Å². The van der Waals surface area contributed by atoms with Crippen molar-refractivity contribution >= 4 is 35.4 Å². The Bertz CT molecular complexity index is 337. The highest BCUT2D eigenvalue weighted by Gasteiger charge is 2.01. The first-order valence-corrected chi connectivity index (χ1v) is 5.39. The van der Waals surface area contributed by atoms with Crippen molar-refractivity contribution in [3.63, 3.8) is 0 Å². The van der Waals surface area contributed by atoms with Crippen molar-refractivity contribution in [3.05, 3.63) is 5.01 Å². The van der Waals surface area contributed by atoms with Crippen molar-refractivity contribution in [2.75, 3.05) is 0 Å². The molecule has 7 heteroatoms. The minimum atomic E-state index is 0.287. The van der Waals surface area contributed by atoms with Crippen LogP contribution >= 0.6 is 23.4 Å². The summed E-state index contributed by atoms with van der Waals surface area (Å²) in [6, 6.07) is 0. The van der Waals surface area contributed by atoms with E-state index in [0.29, 0.717) is 10.1 Å². The summed E-state index contributed by atoms with van der Waals surface area (Å²) in [4.78, 5) is 10.1. The van der Waals surface area contributed by atoms with Crippen LogP contribution in [-0.4, -0.2) is 22.2 Å². The van der Waals surface area contributed by atoms with Crippen LogP contribution in [0.1, 0.15) is 18.4 Å². The van der Waals surface area contributed by atoms with Gasteiger partial charge in [0.2, 0.25) is 4.34 Å². The molecule has 0 saturated carbocycles. The summed E-state index contributed by atoms with van der Waals surface area (Å²) in [5.41, 5.74) is 0.633. The highest BCUT2D eigenvalue weighted by atomic mass is 32.2. The fraction of sp³-hybridized carbons (Fsp3) is 0.429. The third-order valence-electron chi connectivity index (χ3n) is 1.19. The van der Waals surface area contributed by atoms with Gasteiger partial charge in [-0.3, -0.25) is 0 Å². The molecule has 0 aliphatic carbocycles. The van der Waals surface area contributed by atoms with Crippen molar-refractivity contribution in [2.24, 2.45) is 5.16 Å². The van der Waals surface area contributed by atoms with Crippen LogP contribution in [0.4, 0.5) is 0 Å². The Morgan fingerprint density at radius 1 is 1.71 bits per heavy atom. The molecule has 0 fully saturated rings. The minimum absolute atomic E-state index is 0.287. The second-order valence-electron chi connectivity index (χ2n) is 2.44. The van der Waals surface area contributed by atoms with Gasteiger partial charge in [-0.1, -0.05) is 16.5 Å². The fourth-order valence-electron chi connectivity index (χ4n) is 0.584. The van der Waals surface area contributed by atoms with Crippen LogP contribution in [0.2, 0.25) is 0 Å². The summed E-state index contributed by atoms with van der Waals surface area (Å²) in [5, 5.41) is 12.2. The average Bonchev–Trinajstić information content (AvgIpc) is 2.52. The Hall–Kier alpha value is -0.950. The summed E-state index contributed by atoms with van der Waals surface area (Å²) < 4.78 is 5.60. The van der Waals surface area contributed by atoms with Crippen molar-refractivity contribution in [1.29, 1.82) is 0 Å². The van der Waals surface area contributed by atoms with Crippen LogP contribution in [0.5, 0.6) is 0 Å². The molecule has 0 unspecified atom stereocenters. The number of aromatic nitrogens is 2. The number of carbonyl (C=O) groups is 1. The number of aldehydes is 1. The van der Waals surface area contributed by atoms with Crippen molar-refractivity contribution in [3.8, 4) is 0 Å². The van der Waals surface area contributed by atoms with Gasteiger partial charge >= 0.3 is 0 Å².